The SMILES string of the molecule is CC(=O)C1CCC1.C[C@H]1CCNC[C@H]1c1ncc2cnc3[nH]ccc3n12. The molecule has 0 aromatic carbocycles. The molecule has 0 unspecified atom stereocenters. The van der Waals surface area contributed by atoms with Gasteiger partial charge in [-0.2, -0.15) is 0 Å². The Labute approximate surface area is 153 Å². The van der Waals surface area contributed by atoms with Crippen molar-refractivity contribution in [3.8, 4) is 0 Å². The summed E-state index contributed by atoms with van der Waals surface area (Å²) in [4.78, 5) is 22.7. The van der Waals surface area contributed by atoms with Gasteiger partial charge in [0, 0.05) is 24.6 Å². The van der Waals surface area contributed by atoms with Crippen LogP contribution in [0.5, 0.6) is 0 Å². The number of H-pyrrole nitrogens is 1. The Kier molecular flexibility index (Phi) is 4.76. The van der Waals surface area contributed by atoms with Crippen LogP contribution in [-0.2, 0) is 4.79 Å². The molecule has 2 N–H and O–H groups in total. The van der Waals surface area contributed by atoms with E-state index in [0.717, 1.165) is 48.4 Å². The Hall–Kier alpha value is -2.21. The van der Waals surface area contributed by atoms with Gasteiger partial charge in [-0.3, -0.25) is 9.20 Å². The summed E-state index contributed by atoms with van der Waals surface area (Å²) in [6.45, 7) is 6.13. The van der Waals surface area contributed by atoms with Crippen molar-refractivity contribution >= 4 is 22.5 Å². The Balaban J connectivity index is 0.000000204. The number of Topliss-reactive ketones (excluding diaryl/α,β-unsaturated/α-hetero) is 1. The number of hydrogen-bond donors (Lipinski definition) is 2. The van der Waals surface area contributed by atoms with Gasteiger partial charge in [0.1, 0.15) is 11.6 Å². The standard InChI is InChI=1S/C14H17N5.C6H10O/c1-9-2-4-15-8-11(9)14-18-7-10-6-17-13-12(19(10)14)3-5-16-13;1-5(7)6-3-2-4-6/h3,5-7,9,11,15-16H,2,4,8H2,1H3;6H,2-4H2,1H3/t9-,11+;/m0./s1. The first kappa shape index (κ1) is 17.2. The topological polar surface area (TPSA) is 75.1 Å². The van der Waals surface area contributed by atoms with Crippen LogP contribution in [0.25, 0.3) is 16.7 Å². The van der Waals surface area contributed by atoms with Gasteiger partial charge in [-0.05, 0) is 44.7 Å². The van der Waals surface area contributed by atoms with Crippen molar-refractivity contribution in [3.63, 3.8) is 0 Å². The predicted molar refractivity (Wildman–Crippen MR) is 102 cm³/mol. The molecule has 26 heavy (non-hydrogen) atoms. The molecule has 2 aliphatic rings. The predicted octanol–water partition coefficient (Wildman–Crippen LogP) is 3.30. The number of rotatable bonds is 2. The maximum atomic E-state index is 10.4. The van der Waals surface area contributed by atoms with Crippen molar-refractivity contribution in [3.05, 3.63) is 30.5 Å². The summed E-state index contributed by atoms with van der Waals surface area (Å²) in [6, 6.07) is 2.07. The first-order valence-electron chi connectivity index (χ1n) is 9.65. The van der Waals surface area contributed by atoms with E-state index >= 15 is 0 Å². The number of ketones is 1. The summed E-state index contributed by atoms with van der Waals surface area (Å²) < 4.78 is 2.24. The fourth-order valence-corrected chi connectivity index (χ4v) is 3.91. The Morgan fingerprint density at radius 2 is 2.04 bits per heavy atom. The fourth-order valence-electron chi connectivity index (χ4n) is 3.91. The van der Waals surface area contributed by atoms with E-state index in [1.165, 1.54) is 12.8 Å². The molecule has 1 saturated heterocycles. The first-order valence-corrected chi connectivity index (χ1v) is 9.65. The summed E-state index contributed by atoms with van der Waals surface area (Å²) in [5.74, 6) is 3.11. The van der Waals surface area contributed by atoms with Crippen molar-refractivity contribution in [1.82, 2.24) is 24.7 Å². The van der Waals surface area contributed by atoms with Gasteiger partial charge >= 0.3 is 0 Å². The largest absolute Gasteiger partial charge is 0.345 e. The quantitative estimate of drug-likeness (QED) is 0.741. The minimum absolute atomic E-state index is 0.381. The molecule has 1 aliphatic heterocycles. The Bertz CT molecular complexity index is 907. The molecule has 6 nitrogen and oxygen atoms in total. The molecule has 0 bridgehead atoms. The van der Waals surface area contributed by atoms with Crippen LogP contribution in [0.2, 0.25) is 0 Å². The number of carbonyl (C=O) groups excluding carboxylic acids is 1. The molecule has 5 rings (SSSR count). The molecule has 3 aromatic rings. The average molecular weight is 353 g/mol. The van der Waals surface area contributed by atoms with Crippen molar-refractivity contribution in [2.75, 3.05) is 13.1 Å². The molecule has 1 saturated carbocycles. The van der Waals surface area contributed by atoms with Gasteiger partial charge in [0.2, 0.25) is 0 Å². The number of nitrogens with zero attached hydrogens (tertiary/aromatic N) is 3. The highest BCUT2D eigenvalue weighted by atomic mass is 16.1. The van der Waals surface area contributed by atoms with Crippen molar-refractivity contribution < 1.29 is 4.79 Å². The zero-order valence-corrected chi connectivity index (χ0v) is 15.5. The second kappa shape index (κ2) is 7.19. The van der Waals surface area contributed by atoms with E-state index in [-0.39, 0.29) is 0 Å². The summed E-state index contributed by atoms with van der Waals surface area (Å²) >= 11 is 0. The van der Waals surface area contributed by atoms with Crippen LogP contribution in [0.1, 0.15) is 51.3 Å². The van der Waals surface area contributed by atoms with Crippen LogP contribution in [0.4, 0.5) is 0 Å². The molecular formula is C20H27N5O. The maximum Gasteiger partial charge on any atom is 0.154 e. The third-order valence-electron chi connectivity index (χ3n) is 5.93. The highest BCUT2D eigenvalue weighted by Gasteiger charge is 2.27. The van der Waals surface area contributed by atoms with Crippen LogP contribution >= 0.6 is 0 Å². The van der Waals surface area contributed by atoms with Gasteiger partial charge < -0.3 is 10.3 Å². The first-order chi connectivity index (χ1) is 12.6. The molecular weight excluding hydrogens is 326 g/mol. The zero-order valence-electron chi connectivity index (χ0n) is 15.5. The summed E-state index contributed by atoms with van der Waals surface area (Å²) in [5.41, 5.74) is 3.10. The smallest absolute Gasteiger partial charge is 0.154 e. The van der Waals surface area contributed by atoms with E-state index < -0.39 is 0 Å². The number of imidazole rings is 1. The number of aromatic amines is 1. The number of hydrogen-bond acceptors (Lipinski definition) is 4. The molecule has 2 fully saturated rings. The van der Waals surface area contributed by atoms with E-state index in [0.29, 0.717) is 23.5 Å². The lowest BCUT2D eigenvalue weighted by atomic mass is 9.83. The lowest BCUT2D eigenvalue weighted by molar-refractivity contribution is -0.122. The molecule has 2 atom stereocenters. The lowest BCUT2D eigenvalue weighted by Gasteiger charge is -2.28. The highest BCUT2D eigenvalue weighted by Crippen LogP contribution is 2.30. The molecule has 138 valence electrons. The van der Waals surface area contributed by atoms with E-state index in [1.807, 2.05) is 18.6 Å². The molecule has 0 amide bonds. The van der Waals surface area contributed by atoms with E-state index in [2.05, 4.69) is 37.7 Å². The summed E-state index contributed by atoms with van der Waals surface area (Å²) in [7, 11) is 0. The maximum absolute atomic E-state index is 10.4. The van der Waals surface area contributed by atoms with Crippen molar-refractivity contribution in [1.29, 1.82) is 0 Å². The van der Waals surface area contributed by atoms with Crippen LogP contribution in [-0.4, -0.2) is 38.2 Å². The number of nitrogens with one attached hydrogen (secondary N) is 2. The molecule has 0 radical (unpaired) electrons. The second-order valence-corrected chi connectivity index (χ2v) is 7.66. The van der Waals surface area contributed by atoms with Gasteiger partial charge in [-0.15, -0.1) is 0 Å². The molecule has 0 spiro atoms. The van der Waals surface area contributed by atoms with Crippen LogP contribution in [0.3, 0.4) is 0 Å². The monoisotopic (exact) mass is 353 g/mol. The molecule has 1 aliphatic carbocycles. The second-order valence-electron chi connectivity index (χ2n) is 7.66. The number of aromatic nitrogens is 4. The normalized spacial score (nSPS) is 23.5. The molecule has 4 heterocycles. The van der Waals surface area contributed by atoms with Crippen LogP contribution in [0, 0.1) is 11.8 Å². The van der Waals surface area contributed by atoms with Gasteiger partial charge in [-0.1, -0.05) is 13.3 Å². The minimum Gasteiger partial charge on any atom is -0.345 e. The minimum atomic E-state index is 0.381. The van der Waals surface area contributed by atoms with Crippen molar-refractivity contribution in [2.45, 2.75) is 45.4 Å². The van der Waals surface area contributed by atoms with E-state index in [9.17, 15) is 4.79 Å². The van der Waals surface area contributed by atoms with Crippen molar-refractivity contribution in [2.24, 2.45) is 11.8 Å². The lowest BCUT2D eigenvalue weighted by Crippen LogP contribution is -2.34. The third-order valence-corrected chi connectivity index (χ3v) is 5.93. The molecule has 6 heteroatoms. The number of piperidine rings is 1. The zero-order chi connectivity index (χ0) is 18.1. The summed E-state index contributed by atoms with van der Waals surface area (Å²) in [5, 5.41) is 3.48. The number of fused-ring (bicyclic) bond motifs is 3. The number of carbonyl (C=O) groups is 1. The third kappa shape index (κ3) is 3.14. The summed E-state index contributed by atoms with van der Waals surface area (Å²) in [6.07, 6.45) is 10.5. The highest BCUT2D eigenvalue weighted by molar-refractivity contribution is 5.79. The van der Waals surface area contributed by atoms with Crippen LogP contribution < -0.4 is 5.32 Å². The Morgan fingerprint density at radius 3 is 2.69 bits per heavy atom. The van der Waals surface area contributed by atoms with Gasteiger partial charge in [0.05, 0.1) is 23.4 Å². The average Bonchev–Trinajstić information content (AvgIpc) is 3.19. The van der Waals surface area contributed by atoms with E-state index in [1.54, 1.807) is 6.92 Å². The van der Waals surface area contributed by atoms with Crippen LogP contribution in [0.15, 0.2) is 24.7 Å². The Morgan fingerprint density at radius 1 is 1.23 bits per heavy atom. The molecule has 3 aromatic heterocycles. The van der Waals surface area contributed by atoms with E-state index in [4.69, 9.17) is 0 Å². The van der Waals surface area contributed by atoms with Gasteiger partial charge in [0.15, 0.2) is 5.65 Å². The van der Waals surface area contributed by atoms with Gasteiger partial charge in [-0.25, -0.2) is 9.97 Å². The van der Waals surface area contributed by atoms with Gasteiger partial charge in [0.25, 0.3) is 0 Å². The fraction of sp³-hybridized carbons (Fsp3) is 0.550.